The quantitative estimate of drug-likeness (QED) is 0.551. The van der Waals surface area contributed by atoms with Crippen LogP contribution in [-0.2, 0) is 4.79 Å². The molecule has 1 rings (SSSR count). The number of halogens is 3. The molecule has 6 nitrogen and oxygen atoms in total. The topological polar surface area (TPSA) is 88.7 Å². The number of carbonyl (C=O) groups excluding carboxylic acids is 1. The number of rotatable bonds is 6. The maximum atomic E-state index is 12.0. The second-order valence-corrected chi connectivity index (χ2v) is 4.25. The molecule has 0 aliphatic rings. The summed E-state index contributed by atoms with van der Waals surface area (Å²) in [6, 6.07) is 4.97. The van der Waals surface area contributed by atoms with E-state index in [2.05, 4.69) is 20.4 Å². The molecule has 122 valence electrons. The lowest BCUT2D eigenvalue weighted by Crippen LogP contribution is -2.29. The van der Waals surface area contributed by atoms with Gasteiger partial charge in [0.05, 0.1) is 0 Å². The summed E-state index contributed by atoms with van der Waals surface area (Å²) in [6.07, 6.45) is -3.92. The van der Waals surface area contributed by atoms with E-state index in [1.54, 1.807) is 0 Å². The fourth-order valence-electron chi connectivity index (χ4n) is 1.40. The average Bonchev–Trinajstić information content (AvgIpc) is 2.43. The van der Waals surface area contributed by atoms with Crippen molar-refractivity contribution >= 4 is 17.6 Å². The van der Waals surface area contributed by atoms with E-state index < -0.39 is 6.36 Å². The van der Waals surface area contributed by atoms with Crippen LogP contribution in [-0.4, -0.2) is 31.3 Å². The Morgan fingerprint density at radius 2 is 1.95 bits per heavy atom. The molecule has 0 bridgehead atoms. The summed E-state index contributed by atoms with van der Waals surface area (Å²) in [5.74, 6) is -0.621. The van der Waals surface area contributed by atoms with E-state index in [9.17, 15) is 18.0 Å². The van der Waals surface area contributed by atoms with Crippen LogP contribution in [0.4, 0.5) is 18.9 Å². The minimum atomic E-state index is -4.73. The first kappa shape index (κ1) is 17.6. The number of hydrogen-bond acceptors (Lipinski definition) is 3. The van der Waals surface area contributed by atoms with Crippen LogP contribution >= 0.6 is 0 Å². The third-order valence-electron chi connectivity index (χ3n) is 2.33. The average molecular weight is 318 g/mol. The Kier molecular flexibility index (Phi) is 6.48. The van der Waals surface area contributed by atoms with Gasteiger partial charge in [0.2, 0.25) is 5.91 Å². The molecule has 0 aromatic heterocycles. The van der Waals surface area contributed by atoms with Gasteiger partial charge in [-0.05, 0) is 30.7 Å². The number of alkyl halides is 3. The van der Waals surface area contributed by atoms with Crippen LogP contribution in [0.5, 0.6) is 5.75 Å². The summed E-state index contributed by atoms with van der Waals surface area (Å²) in [7, 11) is 0. The molecule has 0 heterocycles. The standard InChI is InChI=1S/C13H17F3N4O2/c1-2-7-18-11(21)8-19-12(17)20-9-3-5-10(6-4-9)22-13(14,15)16/h3-6H,2,7-8H2,1H3,(H,18,21)(H3,17,19,20). The molecule has 22 heavy (non-hydrogen) atoms. The van der Waals surface area contributed by atoms with Crippen LogP contribution in [0.15, 0.2) is 29.3 Å². The van der Waals surface area contributed by atoms with Gasteiger partial charge in [-0.3, -0.25) is 4.79 Å². The highest BCUT2D eigenvalue weighted by Crippen LogP contribution is 2.23. The molecule has 1 amide bonds. The SMILES string of the molecule is CCCNC(=O)CN=C(N)Nc1ccc(OC(F)(F)F)cc1. The number of nitrogens with one attached hydrogen (secondary N) is 2. The minimum Gasteiger partial charge on any atom is -0.406 e. The molecule has 0 spiro atoms. The number of carbonyl (C=O) groups is 1. The van der Waals surface area contributed by atoms with Crippen LogP contribution in [0.3, 0.4) is 0 Å². The number of aliphatic imine (C=N–C) groups is 1. The Hall–Kier alpha value is -2.45. The highest BCUT2D eigenvalue weighted by Gasteiger charge is 2.30. The third kappa shape index (κ3) is 7.36. The molecule has 9 heteroatoms. The summed E-state index contributed by atoms with van der Waals surface area (Å²) in [5, 5.41) is 5.28. The lowest BCUT2D eigenvalue weighted by Gasteiger charge is -2.10. The van der Waals surface area contributed by atoms with E-state index in [4.69, 9.17) is 5.73 Å². The summed E-state index contributed by atoms with van der Waals surface area (Å²) in [4.78, 5) is 15.1. The zero-order valence-electron chi connectivity index (χ0n) is 11.9. The van der Waals surface area contributed by atoms with Crippen LogP contribution in [0.1, 0.15) is 13.3 Å². The Labute approximate surface area is 125 Å². The fourth-order valence-corrected chi connectivity index (χ4v) is 1.40. The number of ether oxygens (including phenoxy) is 1. The van der Waals surface area contributed by atoms with Gasteiger partial charge in [-0.2, -0.15) is 0 Å². The Morgan fingerprint density at radius 3 is 2.50 bits per heavy atom. The van der Waals surface area contributed by atoms with Gasteiger partial charge in [-0.15, -0.1) is 13.2 Å². The van der Waals surface area contributed by atoms with E-state index in [-0.39, 0.29) is 24.2 Å². The first-order chi connectivity index (χ1) is 10.3. The van der Waals surface area contributed by atoms with Crippen molar-refractivity contribution in [3.63, 3.8) is 0 Å². The van der Waals surface area contributed by atoms with Gasteiger partial charge in [0, 0.05) is 12.2 Å². The number of anilines is 1. The van der Waals surface area contributed by atoms with Crippen LogP contribution in [0.25, 0.3) is 0 Å². The number of hydrogen-bond donors (Lipinski definition) is 3. The molecule has 0 saturated carbocycles. The molecule has 4 N–H and O–H groups in total. The van der Waals surface area contributed by atoms with Crippen molar-refractivity contribution in [2.24, 2.45) is 10.7 Å². The molecule has 1 aromatic carbocycles. The van der Waals surface area contributed by atoms with Crippen molar-refractivity contribution in [3.05, 3.63) is 24.3 Å². The van der Waals surface area contributed by atoms with Crippen LogP contribution in [0, 0.1) is 0 Å². The van der Waals surface area contributed by atoms with E-state index in [0.717, 1.165) is 18.6 Å². The molecular formula is C13H17F3N4O2. The predicted octanol–water partition coefficient (Wildman–Crippen LogP) is 1.84. The zero-order chi connectivity index (χ0) is 16.6. The number of nitrogens with zero attached hydrogens (tertiary/aromatic N) is 1. The van der Waals surface area contributed by atoms with Gasteiger partial charge in [0.1, 0.15) is 12.3 Å². The highest BCUT2D eigenvalue weighted by molar-refractivity contribution is 5.93. The van der Waals surface area contributed by atoms with Crippen molar-refractivity contribution in [1.82, 2.24) is 5.32 Å². The first-order valence-electron chi connectivity index (χ1n) is 6.49. The first-order valence-corrected chi connectivity index (χ1v) is 6.49. The highest BCUT2D eigenvalue weighted by atomic mass is 19.4. The smallest absolute Gasteiger partial charge is 0.406 e. The molecule has 0 unspecified atom stereocenters. The maximum Gasteiger partial charge on any atom is 0.573 e. The lowest BCUT2D eigenvalue weighted by atomic mass is 10.3. The van der Waals surface area contributed by atoms with E-state index in [0.29, 0.717) is 12.2 Å². The maximum absolute atomic E-state index is 12.0. The molecule has 0 atom stereocenters. The van der Waals surface area contributed by atoms with Gasteiger partial charge >= 0.3 is 6.36 Å². The summed E-state index contributed by atoms with van der Waals surface area (Å²) >= 11 is 0. The summed E-state index contributed by atoms with van der Waals surface area (Å²) < 4.78 is 39.7. The molecule has 0 radical (unpaired) electrons. The Balaban J connectivity index is 2.50. The Bertz CT molecular complexity index is 515. The molecule has 0 aliphatic carbocycles. The van der Waals surface area contributed by atoms with Gasteiger partial charge in [0.15, 0.2) is 5.96 Å². The number of guanidine groups is 1. The van der Waals surface area contributed by atoms with Crippen molar-refractivity contribution in [1.29, 1.82) is 0 Å². The van der Waals surface area contributed by atoms with E-state index in [1.807, 2.05) is 6.92 Å². The summed E-state index contributed by atoms with van der Waals surface area (Å²) in [5.41, 5.74) is 5.99. The van der Waals surface area contributed by atoms with E-state index >= 15 is 0 Å². The van der Waals surface area contributed by atoms with Crippen molar-refractivity contribution in [2.75, 3.05) is 18.4 Å². The summed E-state index contributed by atoms with van der Waals surface area (Å²) in [6.45, 7) is 2.35. The van der Waals surface area contributed by atoms with Gasteiger partial charge in [-0.25, -0.2) is 4.99 Å². The Morgan fingerprint density at radius 1 is 1.32 bits per heavy atom. The monoisotopic (exact) mass is 318 g/mol. The minimum absolute atomic E-state index is 0.0175. The number of benzene rings is 1. The van der Waals surface area contributed by atoms with E-state index in [1.165, 1.54) is 12.1 Å². The molecule has 1 aromatic rings. The second kappa shape index (κ2) is 8.11. The molecule has 0 saturated heterocycles. The normalized spacial score (nSPS) is 11.9. The molecular weight excluding hydrogens is 301 g/mol. The van der Waals surface area contributed by atoms with Crippen molar-refractivity contribution < 1.29 is 22.7 Å². The molecule has 0 fully saturated rings. The number of amides is 1. The van der Waals surface area contributed by atoms with Gasteiger partial charge < -0.3 is 21.1 Å². The van der Waals surface area contributed by atoms with Gasteiger partial charge in [-0.1, -0.05) is 6.92 Å². The second-order valence-electron chi connectivity index (χ2n) is 4.25. The number of nitrogens with two attached hydrogens (primary N) is 1. The van der Waals surface area contributed by atoms with Gasteiger partial charge in [0.25, 0.3) is 0 Å². The third-order valence-corrected chi connectivity index (χ3v) is 2.33. The van der Waals surface area contributed by atoms with Crippen LogP contribution < -0.4 is 21.1 Å². The van der Waals surface area contributed by atoms with Crippen molar-refractivity contribution in [3.8, 4) is 5.75 Å². The van der Waals surface area contributed by atoms with Crippen LogP contribution in [0.2, 0.25) is 0 Å². The zero-order valence-corrected chi connectivity index (χ0v) is 11.9. The predicted molar refractivity (Wildman–Crippen MR) is 76.5 cm³/mol. The fraction of sp³-hybridized carbons (Fsp3) is 0.385. The van der Waals surface area contributed by atoms with Crippen molar-refractivity contribution in [2.45, 2.75) is 19.7 Å². The lowest BCUT2D eigenvalue weighted by molar-refractivity contribution is -0.274. The molecule has 0 aliphatic heterocycles. The largest absolute Gasteiger partial charge is 0.573 e.